The summed E-state index contributed by atoms with van der Waals surface area (Å²) in [5, 5.41) is 5.90. The van der Waals surface area contributed by atoms with Crippen molar-refractivity contribution >= 4 is 62.4 Å². The van der Waals surface area contributed by atoms with E-state index in [4.69, 9.17) is 11.6 Å². The SMILES string of the molecule is Cc1cccc(N(c2ccc(Cl)cc2)c2ccc(/C=C/c3c4ccccc4c(C)c4ccccc34)cc2)c1. The molecule has 0 radical (unpaired) electrons. The minimum atomic E-state index is 0.731. The van der Waals surface area contributed by atoms with Crippen molar-refractivity contribution in [3.05, 3.63) is 149 Å². The van der Waals surface area contributed by atoms with E-state index in [1.54, 1.807) is 0 Å². The van der Waals surface area contributed by atoms with Crippen LogP contribution in [0.2, 0.25) is 5.02 Å². The van der Waals surface area contributed by atoms with Crippen LogP contribution in [0.4, 0.5) is 17.1 Å². The van der Waals surface area contributed by atoms with E-state index in [1.807, 2.05) is 12.1 Å². The van der Waals surface area contributed by atoms with Crippen LogP contribution in [0, 0.1) is 13.8 Å². The monoisotopic (exact) mass is 509 g/mol. The van der Waals surface area contributed by atoms with Crippen LogP contribution in [-0.4, -0.2) is 0 Å². The van der Waals surface area contributed by atoms with Gasteiger partial charge in [0.15, 0.2) is 0 Å². The molecular formula is C36H28ClN. The fraction of sp³-hybridized carbons (Fsp3) is 0.0556. The molecule has 0 heterocycles. The Kier molecular flexibility index (Phi) is 6.45. The van der Waals surface area contributed by atoms with Gasteiger partial charge >= 0.3 is 0 Å². The van der Waals surface area contributed by atoms with Gasteiger partial charge in [0.1, 0.15) is 0 Å². The molecule has 0 amide bonds. The van der Waals surface area contributed by atoms with Crippen molar-refractivity contribution in [3.8, 4) is 0 Å². The fourth-order valence-electron chi connectivity index (χ4n) is 5.28. The van der Waals surface area contributed by atoms with E-state index in [2.05, 4.69) is 140 Å². The molecule has 6 aromatic carbocycles. The summed E-state index contributed by atoms with van der Waals surface area (Å²) in [4.78, 5) is 2.26. The molecule has 38 heavy (non-hydrogen) atoms. The summed E-state index contributed by atoms with van der Waals surface area (Å²) in [6.07, 6.45) is 4.48. The van der Waals surface area contributed by atoms with Crippen molar-refractivity contribution in [2.24, 2.45) is 0 Å². The van der Waals surface area contributed by atoms with Gasteiger partial charge in [-0.3, -0.25) is 0 Å². The Morgan fingerprint density at radius 1 is 0.526 bits per heavy atom. The number of rotatable bonds is 5. The third-order valence-electron chi connectivity index (χ3n) is 7.18. The number of halogens is 1. The number of anilines is 3. The predicted molar refractivity (Wildman–Crippen MR) is 166 cm³/mol. The van der Waals surface area contributed by atoms with Crippen molar-refractivity contribution in [1.82, 2.24) is 0 Å². The smallest absolute Gasteiger partial charge is 0.0464 e. The lowest BCUT2D eigenvalue weighted by atomic mass is 9.92. The molecule has 1 nitrogen and oxygen atoms in total. The Morgan fingerprint density at radius 2 is 1.08 bits per heavy atom. The largest absolute Gasteiger partial charge is 0.310 e. The molecular weight excluding hydrogens is 482 g/mol. The highest BCUT2D eigenvalue weighted by molar-refractivity contribution is 6.30. The minimum absolute atomic E-state index is 0.731. The molecule has 6 rings (SSSR count). The molecule has 0 aliphatic heterocycles. The summed E-state index contributed by atoms with van der Waals surface area (Å²) in [5.74, 6) is 0. The van der Waals surface area contributed by atoms with Crippen molar-refractivity contribution in [3.63, 3.8) is 0 Å². The first kappa shape index (κ1) is 24.0. The summed E-state index contributed by atoms with van der Waals surface area (Å²) in [6, 6.07) is 42.7. The normalized spacial score (nSPS) is 11.4. The molecule has 6 aromatic rings. The molecule has 0 aliphatic carbocycles. The fourth-order valence-corrected chi connectivity index (χ4v) is 5.40. The van der Waals surface area contributed by atoms with Crippen LogP contribution >= 0.6 is 11.6 Å². The average Bonchev–Trinajstić information content (AvgIpc) is 2.95. The summed E-state index contributed by atoms with van der Waals surface area (Å²) < 4.78 is 0. The van der Waals surface area contributed by atoms with E-state index in [1.165, 1.54) is 38.2 Å². The molecule has 0 atom stereocenters. The highest BCUT2D eigenvalue weighted by Gasteiger charge is 2.13. The zero-order valence-electron chi connectivity index (χ0n) is 21.5. The van der Waals surface area contributed by atoms with Gasteiger partial charge in [0.2, 0.25) is 0 Å². The Morgan fingerprint density at radius 3 is 1.66 bits per heavy atom. The summed E-state index contributed by atoms with van der Waals surface area (Å²) in [5.41, 5.74) is 8.25. The third-order valence-corrected chi connectivity index (χ3v) is 7.43. The maximum absolute atomic E-state index is 6.19. The van der Waals surface area contributed by atoms with Gasteiger partial charge in [0, 0.05) is 22.1 Å². The number of benzene rings is 6. The van der Waals surface area contributed by atoms with E-state index in [9.17, 15) is 0 Å². The quantitative estimate of drug-likeness (QED) is 0.165. The van der Waals surface area contributed by atoms with Crippen molar-refractivity contribution in [2.45, 2.75) is 13.8 Å². The van der Waals surface area contributed by atoms with E-state index in [0.29, 0.717) is 0 Å². The minimum Gasteiger partial charge on any atom is -0.310 e. The van der Waals surface area contributed by atoms with Gasteiger partial charge in [-0.1, -0.05) is 96.5 Å². The number of hydrogen-bond donors (Lipinski definition) is 0. The van der Waals surface area contributed by atoms with Crippen LogP contribution in [0.15, 0.2) is 121 Å². The maximum Gasteiger partial charge on any atom is 0.0464 e. The first-order valence-corrected chi connectivity index (χ1v) is 13.3. The van der Waals surface area contributed by atoms with Gasteiger partial charge in [0.05, 0.1) is 0 Å². The number of fused-ring (bicyclic) bond motifs is 2. The van der Waals surface area contributed by atoms with Gasteiger partial charge < -0.3 is 4.90 Å². The first-order valence-electron chi connectivity index (χ1n) is 12.9. The topological polar surface area (TPSA) is 3.24 Å². The summed E-state index contributed by atoms with van der Waals surface area (Å²) in [7, 11) is 0. The molecule has 0 fully saturated rings. The second-order valence-electron chi connectivity index (χ2n) is 9.71. The zero-order valence-corrected chi connectivity index (χ0v) is 22.3. The van der Waals surface area contributed by atoms with Crippen LogP contribution < -0.4 is 4.90 Å². The van der Waals surface area contributed by atoms with E-state index < -0.39 is 0 Å². The average molecular weight is 510 g/mol. The molecule has 2 heteroatoms. The molecule has 0 spiro atoms. The predicted octanol–water partition coefficient (Wildman–Crippen LogP) is 10.9. The second kappa shape index (κ2) is 10.2. The molecule has 184 valence electrons. The van der Waals surface area contributed by atoms with Crippen LogP contribution in [0.1, 0.15) is 22.3 Å². The summed E-state index contributed by atoms with van der Waals surface area (Å²) in [6.45, 7) is 4.34. The lowest BCUT2D eigenvalue weighted by Crippen LogP contribution is -2.09. The molecule has 0 N–H and O–H groups in total. The first-order chi connectivity index (χ1) is 18.6. The molecule has 0 bridgehead atoms. The van der Waals surface area contributed by atoms with E-state index in [0.717, 1.165) is 27.6 Å². The molecule has 0 saturated heterocycles. The molecule has 0 aliphatic rings. The van der Waals surface area contributed by atoms with Crippen LogP contribution in [0.25, 0.3) is 33.7 Å². The number of hydrogen-bond acceptors (Lipinski definition) is 1. The maximum atomic E-state index is 6.19. The highest BCUT2D eigenvalue weighted by Crippen LogP contribution is 2.36. The second-order valence-corrected chi connectivity index (χ2v) is 10.1. The Hall–Kier alpha value is -4.33. The molecule has 0 saturated carbocycles. The lowest BCUT2D eigenvalue weighted by Gasteiger charge is -2.26. The summed E-state index contributed by atoms with van der Waals surface area (Å²) >= 11 is 6.19. The van der Waals surface area contributed by atoms with Crippen LogP contribution in [0.5, 0.6) is 0 Å². The zero-order chi connectivity index (χ0) is 26.1. The number of aryl methyl sites for hydroxylation is 2. The van der Waals surface area contributed by atoms with Crippen molar-refractivity contribution in [1.29, 1.82) is 0 Å². The van der Waals surface area contributed by atoms with Gasteiger partial charge in [-0.25, -0.2) is 0 Å². The Labute approximate surface area is 229 Å². The Balaban J connectivity index is 1.40. The lowest BCUT2D eigenvalue weighted by molar-refractivity contribution is 1.27. The van der Waals surface area contributed by atoms with Gasteiger partial charge in [-0.15, -0.1) is 0 Å². The van der Waals surface area contributed by atoms with Crippen LogP contribution in [-0.2, 0) is 0 Å². The van der Waals surface area contributed by atoms with Crippen molar-refractivity contribution < 1.29 is 0 Å². The third kappa shape index (κ3) is 4.58. The van der Waals surface area contributed by atoms with E-state index >= 15 is 0 Å². The highest BCUT2D eigenvalue weighted by atomic mass is 35.5. The van der Waals surface area contributed by atoms with Gasteiger partial charge in [-0.05, 0) is 106 Å². The van der Waals surface area contributed by atoms with Gasteiger partial charge in [-0.2, -0.15) is 0 Å². The molecule has 0 aromatic heterocycles. The van der Waals surface area contributed by atoms with Crippen LogP contribution in [0.3, 0.4) is 0 Å². The Bertz CT molecular complexity index is 1720. The number of nitrogens with zero attached hydrogens (tertiary/aromatic N) is 1. The van der Waals surface area contributed by atoms with Gasteiger partial charge in [0.25, 0.3) is 0 Å². The molecule has 0 unspecified atom stereocenters. The van der Waals surface area contributed by atoms with E-state index in [-0.39, 0.29) is 0 Å². The standard InChI is InChI=1S/C36H28ClN/c1-25-8-7-9-31(24-25)38(30-21-17-28(37)18-22-30)29-19-14-27(15-20-29)16-23-36-34-12-5-3-10-32(34)26(2)33-11-4-6-13-35(33)36/h3-24H,1-2H3/b23-16+. The van der Waals surface area contributed by atoms with Crippen molar-refractivity contribution in [2.75, 3.05) is 4.90 Å².